The second-order valence-corrected chi connectivity index (χ2v) is 7.21. The third-order valence-corrected chi connectivity index (χ3v) is 4.16. The molecule has 0 aromatic heterocycles. The van der Waals surface area contributed by atoms with Crippen LogP contribution < -0.4 is 11.1 Å². The summed E-state index contributed by atoms with van der Waals surface area (Å²) in [7, 11) is 0. The minimum Gasteiger partial charge on any atom is -0.460 e. The van der Waals surface area contributed by atoms with E-state index in [-0.39, 0.29) is 12.2 Å². The Balaban J connectivity index is 2.60. The highest BCUT2D eigenvalue weighted by molar-refractivity contribution is 6.00. The Morgan fingerprint density at radius 2 is 1.30 bits per heavy atom. The molecule has 27 heavy (non-hydrogen) atoms. The van der Waals surface area contributed by atoms with E-state index in [0.29, 0.717) is 28.2 Å². The van der Waals surface area contributed by atoms with Crippen LogP contribution >= 0.6 is 0 Å². The lowest BCUT2D eigenvalue weighted by Gasteiger charge is -2.31. The first kappa shape index (κ1) is 20.6. The van der Waals surface area contributed by atoms with Crippen molar-refractivity contribution in [1.82, 2.24) is 5.32 Å². The van der Waals surface area contributed by atoms with Gasteiger partial charge in [-0.15, -0.1) is 0 Å². The average Bonchev–Trinajstić information content (AvgIpc) is 2.53. The Morgan fingerprint density at radius 3 is 1.67 bits per heavy atom. The van der Waals surface area contributed by atoms with Crippen LogP contribution in [0.2, 0.25) is 0 Å². The summed E-state index contributed by atoms with van der Waals surface area (Å²) < 4.78 is 10.9. The summed E-state index contributed by atoms with van der Waals surface area (Å²) in [5, 5.41) is 3.13. The van der Waals surface area contributed by atoms with Crippen LogP contribution in [0.25, 0.3) is 0 Å². The SMILES string of the molecule is CC1=C(C(=O)OC(C)C)C(c2ccc(N)cc2)C(C(=O)OC(C)C)=C(C)N1. The molecule has 0 unspecified atom stereocenters. The zero-order valence-corrected chi connectivity index (χ0v) is 16.8. The molecule has 1 aromatic rings. The lowest BCUT2D eigenvalue weighted by molar-refractivity contribution is -0.143. The van der Waals surface area contributed by atoms with Crippen molar-refractivity contribution >= 4 is 17.6 Å². The fraction of sp³-hybridized carbons (Fsp3) is 0.429. The van der Waals surface area contributed by atoms with Crippen LogP contribution in [-0.2, 0) is 19.1 Å². The molecule has 1 aliphatic rings. The summed E-state index contributed by atoms with van der Waals surface area (Å²) in [6, 6.07) is 7.13. The van der Waals surface area contributed by atoms with Crippen LogP contribution in [0.5, 0.6) is 0 Å². The van der Waals surface area contributed by atoms with Gasteiger partial charge in [0.2, 0.25) is 0 Å². The van der Waals surface area contributed by atoms with Gasteiger partial charge in [0.25, 0.3) is 0 Å². The number of dihydropyridines is 1. The number of nitrogens with one attached hydrogen (secondary N) is 1. The minimum absolute atomic E-state index is 0.275. The van der Waals surface area contributed by atoms with Gasteiger partial charge >= 0.3 is 11.9 Å². The van der Waals surface area contributed by atoms with Gasteiger partial charge in [-0.05, 0) is 59.2 Å². The number of nitrogens with two attached hydrogens (primary N) is 1. The zero-order valence-electron chi connectivity index (χ0n) is 16.8. The molecule has 0 fully saturated rings. The van der Waals surface area contributed by atoms with Gasteiger partial charge in [-0.25, -0.2) is 9.59 Å². The highest BCUT2D eigenvalue weighted by Gasteiger charge is 2.38. The largest absolute Gasteiger partial charge is 0.460 e. The van der Waals surface area contributed by atoms with Crippen LogP contribution in [0.15, 0.2) is 46.8 Å². The molecule has 0 bridgehead atoms. The van der Waals surface area contributed by atoms with Crippen LogP contribution in [0.1, 0.15) is 53.0 Å². The molecule has 0 aliphatic carbocycles. The van der Waals surface area contributed by atoms with Gasteiger partial charge in [-0.2, -0.15) is 0 Å². The third-order valence-electron chi connectivity index (χ3n) is 4.16. The highest BCUT2D eigenvalue weighted by atomic mass is 16.5. The Bertz CT molecular complexity index is 745. The predicted octanol–water partition coefficient (Wildman–Crippen LogP) is 3.41. The number of benzene rings is 1. The molecule has 0 spiro atoms. The standard InChI is InChI=1S/C21H28N2O4/c1-11(2)26-20(24)17-13(5)23-14(6)18(21(25)27-12(3)4)19(17)15-7-9-16(22)10-8-15/h7-12,19,23H,22H2,1-6H3. The van der Waals surface area contributed by atoms with Crippen molar-refractivity contribution in [2.45, 2.75) is 59.7 Å². The molecule has 0 saturated heterocycles. The van der Waals surface area contributed by atoms with Crippen LogP contribution in [0.4, 0.5) is 5.69 Å². The van der Waals surface area contributed by atoms with E-state index in [1.807, 2.05) is 12.1 Å². The lowest BCUT2D eigenvalue weighted by Crippen LogP contribution is -2.33. The summed E-state index contributed by atoms with van der Waals surface area (Å²) in [6.45, 7) is 10.8. The third kappa shape index (κ3) is 4.70. The summed E-state index contributed by atoms with van der Waals surface area (Å²) in [6.07, 6.45) is -0.550. The lowest BCUT2D eigenvalue weighted by atomic mass is 9.80. The van der Waals surface area contributed by atoms with E-state index < -0.39 is 17.9 Å². The van der Waals surface area contributed by atoms with E-state index in [2.05, 4.69) is 5.32 Å². The Kier molecular flexibility index (Phi) is 6.31. The van der Waals surface area contributed by atoms with E-state index in [4.69, 9.17) is 15.2 Å². The first-order chi connectivity index (χ1) is 12.6. The number of allylic oxidation sites excluding steroid dienone is 2. The van der Waals surface area contributed by atoms with Crippen molar-refractivity contribution < 1.29 is 19.1 Å². The zero-order chi connectivity index (χ0) is 20.3. The average molecular weight is 372 g/mol. The summed E-state index contributed by atoms with van der Waals surface area (Å²) in [5.74, 6) is -1.51. The van der Waals surface area contributed by atoms with E-state index >= 15 is 0 Å². The second kappa shape index (κ2) is 8.29. The fourth-order valence-corrected chi connectivity index (χ4v) is 3.11. The first-order valence-corrected chi connectivity index (χ1v) is 9.07. The number of nitrogen functional groups attached to an aromatic ring is 1. The number of ether oxygens (including phenoxy) is 2. The van der Waals surface area contributed by atoms with Crippen molar-refractivity contribution in [3.63, 3.8) is 0 Å². The molecule has 0 amide bonds. The maximum Gasteiger partial charge on any atom is 0.337 e. The van der Waals surface area contributed by atoms with Gasteiger partial charge in [0.05, 0.1) is 29.3 Å². The van der Waals surface area contributed by atoms with Crippen LogP contribution in [-0.4, -0.2) is 24.1 Å². The predicted molar refractivity (Wildman–Crippen MR) is 105 cm³/mol. The molecule has 0 saturated carbocycles. The van der Waals surface area contributed by atoms with Gasteiger partial charge in [0.15, 0.2) is 0 Å². The smallest absolute Gasteiger partial charge is 0.337 e. The van der Waals surface area contributed by atoms with Crippen molar-refractivity contribution in [2.24, 2.45) is 0 Å². The van der Waals surface area contributed by atoms with Gasteiger partial charge in [-0.3, -0.25) is 0 Å². The Labute approximate surface area is 160 Å². The summed E-state index contributed by atoms with van der Waals surface area (Å²) in [4.78, 5) is 25.7. The molecular weight excluding hydrogens is 344 g/mol. The van der Waals surface area contributed by atoms with E-state index in [9.17, 15) is 9.59 Å². The topological polar surface area (TPSA) is 90.7 Å². The molecule has 0 radical (unpaired) electrons. The molecule has 6 heteroatoms. The summed E-state index contributed by atoms with van der Waals surface area (Å²) >= 11 is 0. The maximum absolute atomic E-state index is 12.8. The molecule has 146 valence electrons. The van der Waals surface area contributed by atoms with Gasteiger partial charge in [-0.1, -0.05) is 12.1 Å². The number of hydrogen-bond acceptors (Lipinski definition) is 6. The quantitative estimate of drug-likeness (QED) is 0.608. The van der Waals surface area contributed by atoms with Crippen LogP contribution in [0, 0.1) is 0 Å². The minimum atomic E-state index is -0.593. The second-order valence-electron chi connectivity index (χ2n) is 7.21. The van der Waals surface area contributed by atoms with Crippen molar-refractivity contribution in [1.29, 1.82) is 0 Å². The number of esters is 2. The number of hydrogen-bond donors (Lipinski definition) is 2. The van der Waals surface area contributed by atoms with Gasteiger partial charge in [0.1, 0.15) is 0 Å². The molecule has 2 rings (SSSR count). The van der Waals surface area contributed by atoms with Crippen molar-refractivity contribution in [3.05, 3.63) is 52.4 Å². The molecule has 1 aliphatic heterocycles. The molecule has 0 atom stereocenters. The number of anilines is 1. The van der Waals surface area contributed by atoms with Crippen molar-refractivity contribution in [2.75, 3.05) is 5.73 Å². The van der Waals surface area contributed by atoms with E-state index in [0.717, 1.165) is 5.56 Å². The molecule has 6 nitrogen and oxygen atoms in total. The number of carbonyl (C=O) groups excluding carboxylic acids is 2. The Hall–Kier alpha value is -2.76. The summed E-state index contributed by atoms with van der Waals surface area (Å²) in [5.41, 5.74) is 9.29. The van der Waals surface area contributed by atoms with Crippen molar-refractivity contribution in [3.8, 4) is 0 Å². The van der Waals surface area contributed by atoms with Gasteiger partial charge in [0, 0.05) is 17.1 Å². The normalized spacial score (nSPS) is 15.3. The first-order valence-electron chi connectivity index (χ1n) is 9.07. The van der Waals surface area contributed by atoms with Gasteiger partial charge < -0.3 is 20.5 Å². The van der Waals surface area contributed by atoms with Crippen LogP contribution in [0.3, 0.4) is 0 Å². The number of rotatable bonds is 5. The Morgan fingerprint density at radius 1 is 0.889 bits per heavy atom. The fourth-order valence-electron chi connectivity index (χ4n) is 3.11. The molecular formula is C21H28N2O4. The number of carbonyl (C=O) groups is 2. The van der Waals surface area contributed by atoms with E-state index in [1.165, 1.54) is 0 Å². The molecule has 1 heterocycles. The monoisotopic (exact) mass is 372 g/mol. The molecule has 1 aromatic carbocycles. The highest BCUT2D eigenvalue weighted by Crippen LogP contribution is 2.39. The van der Waals surface area contributed by atoms with E-state index in [1.54, 1.807) is 53.7 Å². The molecule has 3 N–H and O–H groups in total. The maximum atomic E-state index is 12.8.